The van der Waals surface area contributed by atoms with Crippen LogP contribution < -0.4 is 0 Å². The number of rotatable bonds is 1. The Hall–Kier alpha value is -1.41. The molecule has 0 aromatic carbocycles. The predicted octanol–water partition coefficient (Wildman–Crippen LogP) is 2.80. The fourth-order valence-corrected chi connectivity index (χ4v) is 1.34. The molecule has 0 saturated heterocycles. The molecule has 2 rings (SSSR count). The van der Waals surface area contributed by atoms with Crippen LogP contribution in [0.15, 0.2) is 43.0 Å². The van der Waals surface area contributed by atoms with Gasteiger partial charge in [0.2, 0.25) is 0 Å². The van der Waals surface area contributed by atoms with Gasteiger partial charge in [-0.2, -0.15) is 0 Å². The summed E-state index contributed by atoms with van der Waals surface area (Å²) >= 11 is 6.00. The van der Waals surface area contributed by atoms with Gasteiger partial charge in [-0.05, 0) is 23.8 Å². The minimum Gasteiger partial charge on any atom is -0.265 e. The van der Waals surface area contributed by atoms with Gasteiger partial charge in [0.05, 0.1) is 5.02 Å². The van der Waals surface area contributed by atoms with E-state index in [-0.39, 0.29) is 0 Å². The fraction of sp³-hybridized carbons (Fsp3) is 0. The summed E-state index contributed by atoms with van der Waals surface area (Å²) in [6.45, 7) is 0. The van der Waals surface area contributed by atoms with Gasteiger partial charge in [0.25, 0.3) is 0 Å². The van der Waals surface area contributed by atoms with Crippen LogP contribution in [0.5, 0.6) is 0 Å². The van der Waals surface area contributed by atoms with Crippen LogP contribution in [0.4, 0.5) is 0 Å². The molecule has 2 aromatic heterocycles. The Balaban J connectivity index is 2.54. The van der Waals surface area contributed by atoms with Gasteiger partial charge in [0, 0.05) is 30.4 Å². The highest BCUT2D eigenvalue weighted by molar-refractivity contribution is 6.33. The molecule has 13 heavy (non-hydrogen) atoms. The van der Waals surface area contributed by atoms with Gasteiger partial charge < -0.3 is 0 Å². The molecule has 0 spiro atoms. The number of pyridine rings is 2. The van der Waals surface area contributed by atoms with Crippen LogP contribution >= 0.6 is 11.6 Å². The van der Waals surface area contributed by atoms with Gasteiger partial charge in [-0.15, -0.1) is 0 Å². The first-order chi connectivity index (χ1) is 6.38. The van der Waals surface area contributed by atoms with E-state index in [9.17, 15) is 0 Å². The van der Waals surface area contributed by atoms with E-state index in [2.05, 4.69) is 9.97 Å². The van der Waals surface area contributed by atoms with Gasteiger partial charge in [0.1, 0.15) is 0 Å². The second kappa shape index (κ2) is 3.54. The molecule has 0 aliphatic carbocycles. The van der Waals surface area contributed by atoms with E-state index in [4.69, 9.17) is 11.6 Å². The molecule has 0 unspecified atom stereocenters. The average molecular weight is 191 g/mol. The summed E-state index contributed by atoms with van der Waals surface area (Å²) in [4.78, 5) is 7.95. The summed E-state index contributed by atoms with van der Waals surface area (Å²) < 4.78 is 0. The van der Waals surface area contributed by atoms with Crippen molar-refractivity contribution in [3.05, 3.63) is 48.0 Å². The lowest BCUT2D eigenvalue weighted by Gasteiger charge is -2.01. The Labute approximate surface area is 81.2 Å². The van der Waals surface area contributed by atoms with E-state index in [0.29, 0.717) is 5.02 Å². The molecule has 2 heterocycles. The minimum atomic E-state index is 0.709. The summed E-state index contributed by atoms with van der Waals surface area (Å²) in [6.07, 6.45) is 6.89. The number of nitrogens with zero attached hydrogens (tertiary/aromatic N) is 2. The van der Waals surface area contributed by atoms with Crippen LogP contribution in [-0.4, -0.2) is 9.97 Å². The van der Waals surface area contributed by atoms with E-state index < -0.39 is 0 Å². The van der Waals surface area contributed by atoms with E-state index in [1.807, 2.05) is 12.1 Å². The third kappa shape index (κ3) is 1.68. The number of aromatic nitrogens is 2. The Morgan fingerprint density at radius 2 is 1.62 bits per heavy atom. The smallest absolute Gasteiger partial charge is 0.0515 e. The van der Waals surface area contributed by atoms with Gasteiger partial charge >= 0.3 is 0 Å². The zero-order chi connectivity index (χ0) is 9.10. The van der Waals surface area contributed by atoms with Crippen LogP contribution in [-0.2, 0) is 0 Å². The Morgan fingerprint density at radius 3 is 2.31 bits per heavy atom. The third-order valence-electron chi connectivity index (χ3n) is 1.76. The van der Waals surface area contributed by atoms with Crippen molar-refractivity contribution in [2.75, 3.05) is 0 Å². The Kier molecular flexibility index (Phi) is 2.23. The van der Waals surface area contributed by atoms with Gasteiger partial charge in [-0.25, -0.2) is 0 Å². The lowest BCUT2D eigenvalue weighted by molar-refractivity contribution is 1.30. The number of halogens is 1. The third-order valence-corrected chi connectivity index (χ3v) is 2.09. The molecule has 2 nitrogen and oxygen atoms in total. The molecule has 0 bridgehead atoms. The van der Waals surface area contributed by atoms with Crippen molar-refractivity contribution in [3.8, 4) is 11.1 Å². The molecule has 2 aromatic rings. The number of hydrogen-bond donors (Lipinski definition) is 0. The van der Waals surface area contributed by atoms with Crippen LogP contribution in [0, 0.1) is 0 Å². The van der Waals surface area contributed by atoms with E-state index in [1.165, 1.54) is 0 Å². The largest absolute Gasteiger partial charge is 0.265 e. The molecule has 0 N–H and O–H groups in total. The first kappa shape index (κ1) is 8.20. The zero-order valence-corrected chi connectivity index (χ0v) is 7.57. The van der Waals surface area contributed by atoms with Crippen molar-refractivity contribution >= 4 is 11.6 Å². The summed E-state index contributed by atoms with van der Waals surface area (Å²) in [5, 5.41) is 0.709. The molecule has 0 saturated carbocycles. The fourth-order valence-electron chi connectivity index (χ4n) is 1.12. The second-order valence-corrected chi connectivity index (χ2v) is 3.00. The van der Waals surface area contributed by atoms with Crippen molar-refractivity contribution in [1.82, 2.24) is 9.97 Å². The van der Waals surface area contributed by atoms with Crippen molar-refractivity contribution in [1.29, 1.82) is 0 Å². The van der Waals surface area contributed by atoms with Gasteiger partial charge in [-0.3, -0.25) is 9.97 Å². The highest BCUT2D eigenvalue weighted by atomic mass is 35.5. The minimum absolute atomic E-state index is 0.709. The molecule has 0 fully saturated rings. The highest BCUT2D eigenvalue weighted by Gasteiger charge is 2.00. The normalized spacial score (nSPS) is 9.92. The quantitative estimate of drug-likeness (QED) is 0.691. The van der Waals surface area contributed by atoms with Crippen LogP contribution in [0.3, 0.4) is 0 Å². The average Bonchev–Trinajstić information content (AvgIpc) is 2.20. The molecule has 0 aliphatic heterocycles. The first-order valence-corrected chi connectivity index (χ1v) is 4.25. The Morgan fingerprint density at radius 1 is 0.923 bits per heavy atom. The molecule has 0 aliphatic rings. The molecule has 0 radical (unpaired) electrons. The summed E-state index contributed by atoms with van der Waals surface area (Å²) in [6, 6.07) is 5.59. The second-order valence-electron chi connectivity index (χ2n) is 2.59. The Bertz CT molecular complexity index is 401. The van der Waals surface area contributed by atoms with Crippen LogP contribution in [0.2, 0.25) is 5.02 Å². The number of hydrogen-bond acceptors (Lipinski definition) is 2. The molecular weight excluding hydrogens is 184 g/mol. The van der Waals surface area contributed by atoms with E-state index in [0.717, 1.165) is 11.1 Å². The molecule has 0 atom stereocenters. The monoisotopic (exact) mass is 190 g/mol. The van der Waals surface area contributed by atoms with Crippen LogP contribution in [0.25, 0.3) is 11.1 Å². The molecule has 64 valence electrons. The van der Waals surface area contributed by atoms with Crippen molar-refractivity contribution in [2.24, 2.45) is 0 Å². The van der Waals surface area contributed by atoms with Crippen molar-refractivity contribution < 1.29 is 0 Å². The predicted molar refractivity (Wildman–Crippen MR) is 52.5 cm³/mol. The molecular formula is C10H7ClN2. The lowest BCUT2D eigenvalue weighted by atomic mass is 10.1. The van der Waals surface area contributed by atoms with Gasteiger partial charge in [-0.1, -0.05) is 11.6 Å². The molecule has 0 amide bonds. The SMILES string of the molecule is Clc1ccncc1-c1ccncc1. The first-order valence-electron chi connectivity index (χ1n) is 3.88. The van der Waals surface area contributed by atoms with Gasteiger partial charge in [0.15, 0.2) is 0 Å². The topological polar surface area (TPSA) is 25.8 Å². The maximum Gasteiger partial charge on any atom is 0.0515 e. The highest BCUT2D eigenvalue weighted by Crippen LogP contribution is 2.25. The van der Waals surface area contributed by atoms with E-state index >= 15 is 0 Å². The zero-order valence-electron chi connectivity index (χ0n) is 6.81. The van der Waals surface area contributed by atoms with Crippen LogP contribution in [0.1, 0.15) is 0 Å². The van der Waals surface area contributed by atoms with Crippen molar-refractivity contribution in [3.63, 3.8) is 0 Å². The van der Waals surface area contributed by atoms with E-state index in [1.54, 1.807) is 30.9 Å². The molecule has 3 heteroatoms. The standard InChI is InChI=1S/C10H7ClN2/c11-10-3-6-13-7-9(10)8-1-4-12-5-2-8/h1-7H. The summed E-state index contributed by atoms with van der Waals surface area (Å²) in [7, 11) is 0. The summed E-state index contributed by atoms with van der Waals surface area (Å²) in [5.74, 6) is 0. The summed E-state index contributed by atoms with van der Waals surface area (Å²) in [5.41, 5.74) is 1.97. The maximum atomic E-state index is 6.00. The lowest BCUT2D eigenvalue weighted by Crippen LogP contribution is -1.81. The van der Waals surface area contributed by atoms with Crippen molar-refractivity contribution in [2.45, 2.75) is 0 Å². The maximum absolute atomic E-state index is 6.00.